The van der Waals surface area contributed by atoms with Crippen LogP contribution in [0.3, 0.4) is 0 Å². The Morgan fingerprint density at radius 3 is 3.00 bits per heavy atom. The van der Waals surface area contributed by atoms with Crippen molar-refractivity contribution in [1.82, 2.24) is 5.32 Å². The van der Waals surface area contributed by atoms with Gasteiger partial charge >= 0.3 is 6.09 Å². The number of hydrogen-bond acceptors (Lipinski definition) is 2. The molecule has 0 saturated carbocycles. The number of nitrogens with one attached hydrogen (secondary N) is 1. The highest BCUT2D eigenvalue weighted by molar-refractivity contribution is 5.64. The van der Waals surface area contributed by atoms with Crippen molar-refractivity contribution in [2.24, 2.45) is 5.73 Å². The van der Waals surface area contributed by atoms with Gasteiger partial charge in [0.1, 0.15) is 0 Å². The van der Waals surface area contributed by atoms with Crippen LogP contribution < -0.4 is 11.1 Å². The molecular weight excluding hydrogens is 192 g/mol. The van der Waals surface area contributed by atoms with Crippen LogP contribution in [0, 0.1) is 0 Å². The third-order valence-corrected chi connectivity index (χ3v) is 2.90. The maximum atomic E-state index is 10.4. The molecule has 1 aliphatic carbocycles. The van der Waals surface area contributed by atoms with Crippen LogP contribution in [0.15, 0.2) is 24.3 Å². The molecule has 15 heavy (non-hydrogen) atoms. The molecule has 4 heteroatoms. The number of hydrogen-bond donors (Lipinski definition) is 3. The monoisotopic (exact) mass is 206 g/mol. The van der Waals surface area contributed by atoms with Gasteiger partial charge in [0.05, 0.1) is 0 Å². The summed E-state index contributed by atoms with van der Waals surface area (Å²) in [5.74, 6) is 0.109. The van der Waals surface area contributed by atoms with Gasteiger partial charge in [-0.3, -0.25) is 0 Å². The van der Waals surface area contributed by atoms with E-state index in [4.69, 9.17) is 10.8 Å². The van der Waals surface area contributed by atoms with Crippen LogP contribution in [-0.2, 0) is 6.42 Å². The topological polar surface area (TPSA) is 75.3 Å². The van der Waals surface area contributed by atoms with Crippen molar-refractivity contribution in [3.8, 4) is 0 Å². The molecule has 0 aliphatic heterocycles. The molecule has 0 spiro atoms. The molecule has 0 bridgehead atoms. The lowest BCUT2D eigenvalue weighted by molar-refractivity contribution is 0.193. The Morgan fingerprint density at radius 1 is 1.53 bits per heavy atom. The van der Waals surface area contributed by atoms with Crippen molar-refractivity contribution in [3.63, 3.8) is 0 Å². The van der Waals surface area contributed by atoms with Gasteiger partial charge in [0, 0.05) is 18.5 Å². The van der Waals surface area contributed by atoms with Gasteiger partial charge in [-0.05, 0) is 17.5 Å². The molecule has 1 aliphatic rings. The van der Waals surface area contributed by atoms with E-state index in [9.17, 15) is 4.79 Å². The molecule has 4 N–H and O–H groups in total. The highest BCUT2D eigenvalue weighted by Crippen LogP contribution is 2.31. The van der Waals surface area contributed by atoms with Crippen molar-refractivity contribution < 1.29 is 9.90 Å². The average Bonchev–Trinajstić information content (AvgIpc) is 2.50. The summed E-state index contributed by atoms with van der Waals surface area (Å²) in [7, 11) is 0. The molecular formula is C11H14N2O2. The Balaban J connectivity index is 2.15. The zero-order valence-electron chi connectivity index (χ0n) is 8.31. The van der Waals surface area contributed by atoms with Gasteiger partial charge in [-0.15, -0.1) is 0 Å². The van der Waals surface area contributed by atoms with E-state index in [-0.39, 0.29) is 12.0 Å². The number of amides is 1. The van der Waals surface area contributed by atoms with Crippen molar-refractivity contribution in [3.05, 3.63) is 35.4 Å². The molecule has 0 fully saturated rings. The fourth-order valence-corrected chi connectivity index (χ4v) is 2.17. The van der Waals surface area contributed by atoms with Crippen LogP contribution in [0.4, 0.5) is 4.79 Å². The summed E-state index contributed by atoms with van der Waals surface area (Å²) in [6, 6.07) is 8.05. The first-order valence-electron chi connectivity index (χ1n) is 4.98. The summed E-state index contributed by atoms with van der Waals surface area (Å²) in [6.07, 6.45) is -0.158. The van der Waals surface area contributed by atoms with E-state index in [1.807, 2.05) is 18.2 Å². The molecule has 0 heterocycles. The van der Waals surface area contributed by atoms with Crippen molar-refractivity contribution in [2.45, 2.75) is 18.4 Å². The number of carbonyl (C=O) groups is 1. The zero-order chi connectivity index (χ0) is 10.8. The molecule has 0 unspecified atom stereocenters. The number of rotatable bonds is 2. The van der Waals surface area contributed by atoms with Gasteiger partial charge in [0.2, 0.25) is 0 Å². The minimum absolute atomic E-state index is 0.0225. The molecule has 1 amide bonds. The number of benzene rings is 1. The van der Waals surface area contributed by atoms with Gasteiger partial charge in [0.15, 0.2) is 0 Å². The zero-order valence-corrected chi connectivity index (χ0v) is 8.31. The van der Waals surface area contributed by atoms with E-state index in [0.717, 1.165) is 6.42 Å². The van der Waals surface area contributed by atoms with E-state index in [1.165, 1.54) is 11.1 Å². The van der Waals surface area contributed by atoms with E-state index >= 15 is 0 Å². The van der Waals surface area contributed by atoms with Crippen LogP contribution in [0.2, 0.25) is 0 Å². The summed E-state index contributed by atoms with van der Waals surface area (Å²) in [5.41, 5.74) is 8.40. The van der Waals surface area contributed by atoms with Crippen molar-refractivity contribution in [2.75, 3.05) is 6.54 Å². The minimum Gasteiger partial charge on any atom is -0.465 e. The molecule has 4 nitrogen and oxygen atoms in total. The second kappa shape index (κ2) is 3.90. The quantitative estimate of drug-likeness (QED) is 0.673. The summed E-state index contributed by atoms with van der Waals surface area (Å²) >= 11 is 0. The van der Waals surface area contributed by atoms with Gasteiger partial charge in [-0.2, -0.15) is 0 Å². The molecule has 0 saturated heterocycles. The van der Waals surface area contributed by atoms with Gasteiger partial charge < -0.3 is 16.2 Å². The van der Waals surface area contributed by atoms with Crippen LogP contribution in [0.5, 0.6) is 0 Å². The van der Waals surface area contributed by atoms with E-state index in [0.29, 0.717) is 6.54 Å². The smallest absolute Gasteiger partial charge is 0.404 e. The van der Waals surface area contributed by atoms with Crippen LogP contribution >= 0.6 is 0 Å². The van der Waals surface area contributed by atoms with Crippen LogP contribution in [0.25, 0.3) is 0 Å². The third kappa shape index (κ3) is 1.94. The maximum absolute atomic E-state index is 10.4. The Kier molecular flexibility index (Phi) is 2.60. The SMILES string of the molecule is N[C@@H]1Cc2ccccc2[C@@H]1CNC(=O)O. The minimum atomic E-state index is -0.994. The lowest BCUT2D eigenvalue weighted by Crippen LogP contribution is -2.34. The summed E-state index contributed by atoms with van der Waals surface area (Å²) in [5, 5.41) is 11.0. The first-order valence-corrected chi connectivity index (χ1v) is 4.98. The highest BCUT2D eigenvalue weighted by atomic mass is 16.4. The standard InChI is InChI=1S/C11H14N2O2/c12-10-5-7-3-1-2-4-8(7)9(10)6-13-11(14)15/h1-4,9-10,13H,5-6,12H2,(H,14,15)/t9-,10+/m0/s1. The van der Waals surface area contributed by atoms with Crippen molar-refractivity contribution in [1.29, 1.82) is 0 Å². The Hall–Kier alpha value is -1.55. The second-order valence-corrected chi connectivity index (χ2v) is 3.86. The van der Waals surface area contributed by atoms with E-state index < -0.39 is 6.09 Å². The highest BCUT2D eigenvalue weighted by Gasteiger charge is 2.29. The largest absolute Gasteiger partial charge is 0.465 e. The van der Waals surface area contributed by atoms with E-state index in [1.54, 1.807) is 0 Å². The van der Waals surface area contributed by atoms with E-state index in [2.05, 4.69) is 11.4 Å². The van der Waals surface area contributed by atoms with Gasteiger partial charge in [-0.25, -0.2) is 4.79 Å². The number of nitrogens with two attached hydrogens (primary N) is 1. The molecule has 1 aromatic carbocycles. The second-order valence-electron chi connectivity index (χ2n) is 3.86. The first-order chi connectivity index (χ1) is 7.18. The predicted octanol–water partition coefficient (Wildman–Crippen LogP) is 0.921. The van der Waals surface area contributed by atoms with Gasteiger partial charge in [0.25, 0.3) is 0 Å². The lowest BCUT2D eigenvalue weighted by Gasteiger charge is -2.16. The first kappa shape index (κ1) is 9.98. The number of carboxylic acid groups (broad SMARTS) is 1. The molecule has 1 aromatic rings. The Labute approximate surface area is 88.1 Å². The predicted molar refractivity (Wildman–Crippen MR) is 56.9 cm³/mol. The molecule has 2 atom stereocenters. The third-order valence-electron chi connectivity index (χ3n) is 2.90. The molecule has 2 rings (SSSR count). The summed E-state index contributed by atoms with van der Waals surface area (Å²) < 4.78 is 0. The van der Waals surface area contributed by atoms with Crippen LogP contribution in [0.1, 0.15) is 17.0 Å². The van der Waals surface area contributed by atoms with Crippen molar-refractivity contribution >= 4 is 6.09 Å². The summed E-state index contributed by atoms with van der Waals surface area (Å²) in [4.78, 5) is 10.4. The van der Waals surface area contributed by atoms with Gasteiger partial charge in [-0.1, -0.05) is 24.3 Å². The number of fused-ring (bicyclic) bond motifs is 1. The molecule has 0 aromatic heterocycles. The average molecular weight is 206 g/mol. The normalized spacial score (nSPS) is 23.5. The fraction of sp³-hybridized carbons (Fsp3) is 0.364. The maximum Gasteiger partial charge on any atom is 0.404 e. The Bertz CT molecular complexity index is 379. The summed E-state index contributed by atoms with van der Waals surface area (Å²) in [6.45, 7) is 0.396. The molecule has 80 valence electrons. The molecule has 0 radical (unpaired) electrons. The van der Waals surface area contributed by atoms with Crippen LogP contribution in [-0.4, -0.2) is 23.8 Å². The fourth-order valence-electron chi connectivity index (χ4n) is 2.17. The Morgan fingerprint density at radius 2 is 2.27 bits per heavy atom. The lowest BCUT2D eigenvalue weighted by atomic mass is 9.99.